The number of ether oxygens (including phenoxy) is 4. The zero-order valence-corrected chi connectivity index (χ0v) is 36.2. The Balaban J connectivity index is 1.06. The molecule has 1 heterocycles. The number of hydrogen-bond acceptors (Lipinski definition) is 9. The van der Waals surface area contributed by atoms with Gasteiger partial charge in [0.2, 0.25) is 11.8 Å². The highest BCUT2D eigenvalue weighted by molar-refractivity contribution is 5.91. The van der Waals surface area contributed by atoms with Crippen LogP contribution in [0.3, 0.4) is 0 Å². The lowest BCUT2D eigenvalue weighted by Crippen LogP contribution is -2.08. The molecule has 0 saturated heterocycles. The molecule has 61 heavy (non-hydrogen) atoms. The van der Waals surface area contributed by atoms with E-state index >= 15 is 0 Å². The molecular weight excluding hydrogens is 765 g/mol. The largest absolute Gasteiger partial charge is 0.494 e. The molecule has 326 valence electrons. The molecule has 1 aromatic heterocycles. The number of carbonyl (C=O) groups is 2. The summed E-state index contributed by atoms with van der Waals surface area (Å²) in [5.74, 6) is -0.654. The van der Waals surface area contributed by atoms with Gasteiger partial charge < -0.3 is 23.4 Å². The van der Waals surface area contributed by atoms with Gasteiger partial charge in [-0.1, -0.05) is 129 Å². The van der Waals surface area contributed by atoms with Crippen LogP contribution in [0.5, 0.6) is 23.0 Å². The van der Waals surface area contributed by atoms with Crippen molar-refractivity contribution in [3.05, 3.63) is 108 Å². The molecule has 0 amide bonds. The van der Waals surface area contributed by atoms with Gasteiger partial charge in [-0.2, -0.15) is 0 Å². The van der Waals surface area contributed by atoms with Crippen molar-refractivity contribution < 1.29 is 38.4 Å². The quantitative estimate of drug-likeness (QED) is 0.0254. The summed E-state index contributed by atoms with van der Waals surface area (Å²) in [5, 5.41) is 8.10. The Kier molecular flexibility index (Phi) is 18.4. The fraction of sp³-hybridized carbons (Fsp3) is 0.462. The summed E-state index contributed by atoms with van der Waals surface area (Å²) in [5.41, 5.74) is 0.969. The molecule has 0 aliphatic heterocycles. The molecule has 4 aromatic carbocycles. The molecule has 9 nitrogen and oxygen atoms in total. The number of benzene rings is 4. The van der Waals surface area contributed by atoms with Crippen molar-refractivity contribution in [1.29, 1.82) is 0 Å². The first-order valence-corrected chi connectivity index (χ1v) is 22.6. The fourth-order valence-corrected chi connectivity index (χ4v) is 6.80. The summed E-state index contributed by atoms with van der Waals surface area (Å²) in [6, 6.07) is 17.6. The van der Waals surface area contributed by atoms with Crippen molar-refractivity contribution >= 4 is 11.9 Å². The van der Waals surface area contributed by atoms with Gasteiger partial charge in [0.1, 0.15) is 23.0 Å². The Morgan fingerprint density at radius 2 is 0.754 bits per heavy atom. The minimum absolute atomic E-state index is 0.0299. The lowest BCUT2D eigenvalue weighted by Gasteiger charge is -2.08. The molecule has 0 bridgehead atoms. The van der Waals surface area contributed by atoms with Crippen molar-refractivity contribution in [2.75, 3.05) is 13.2 Å². The molecule has 0 fully saturated rings. The molecule has 0 saturated carbocycles. The van der Waals surface area contributed by atoms with Crippen LogP contribution < -0.4 is 18.9 Å². The van der Waals surface area contributed by atoms with Crippen LogP contribution in [0.1, 0.15) is 168 Å². The monoisotopic (exact) mass is 835 g/mol. The van der Waals surface area contributed by atoms with Gasteiger partial charge in [-0.05, 0) is 110 Å². The Labute approximate surface area is 369 Å². The lowest BCUT2D eigenvalue weighted by molar-refractivity contribution is 0.0725. The van der Waals surface area contributed by atoms with Crippen LogP contribution in [0.2, 0.25) is 0 Å². The molecule has 0 radical (unpaired) electrons. The second-order valence-corrected chi connectivity index (χ2v) is 15.5. The summed E-state index contributed by atoms with van der Waals surface area (Å²) in [4.78, 5) is 26.0. The molecule has 0 spiro atoms. The molecule has 0 N–H and O–H groups in total. The summed E-state index contributed by atoms with van der Waals surface area (Å²) < 4.78 is 62.6. The molecule has 5 aromatic rings. The maximum Gasteiger partial charge on any atom is 0.343 e. The van der Waals surface area contributed by atoms with E-state index < -0.39 is 11.9 Å². The second-order valence-electron chi connectivity index (χ2n) is 15.5. The van der Waals surface area contributed by atoms with Crippen LogP contribution in [0, 0.1) is 0 Å². The number of nitrogens with zero attached hydrogens (tertiary/aromatic N) is 2. The molecule has 0 atom stereocenters. The molecule has 0 aliphatic rings. The predicted octanol–water partition coefficient (Wildman–Crippen LogP) is 14.4. The van der Waals surface area contributed by atoms with Crippen molar-refractivity contribution in [3.63, 3.8) is 0 Å². The highest BCUT2D eigenvalue weighted by Crippen LogP contribution is 2.28. The van der Waals surface area contributed by atoms with Gasteiger partial charge in [0.25, 0.3) is 0 Å². The molecule has 5 rings (SSSR count). The minimum atomic E-state index is -0.717. The van der Waals surface area contributed by atoms with Crippen molar-refractivity contribution in [3.8, 4) is 45.9 Å². The van der Waals surface area contributed by atoms with E-state index in [1.54, 1.807) is 48.5 Å². The van der Waals surface area contributed by atoms with Gasteiger partial charge in [-0.15, -0.1) is 10.2 Å². The Bertz CT molecular complexity index is 2010. The van der Waals surface area contributed by atoms with Gasteiger partial charge in [0, 0.05) is 11.1 Å². The third-order valence-electron chi connectivity index (χ3n) is 10.5. The smallest absolute Gasteiger partial charge is 0.343 e. The number of carbonyl (C=O) groups excluding carboxylic acids is 2. The first-order valence-electron chi connectivity index (χ1n) is 24.6. The van der Waals surface area contributed by atoms with Crippen LogP contribution in [0.25, 0.3) is 22.9 Å². The van der Waals surface area contributed by atoms with E-state index in [0.29, 0.717) is 24.7 Å². The van der Waals surface area contributed by atoms with E-state index in [2.05, 4.69) is 24.0 Å². The van der Waals surface area contributed by atoms with Crippen molar-refractivity contribution in [1.82, 2.24) is 10.2 Å². The number of esters is 2. The summed E-state index contributed by atoms with van der Waals surface area (Å²) >= 11 is 0. The van der Waals surface area contributed by atoms with Gasteiger partial charge in [-0.25, -0.2) is 9.59 Å². The Morgan fingerprint density at radius 3 is 1.08 bits per heavy atom. The molecule has 0 unspecified atom stereocenters. The number of rotatable bonds is 30. The topological polar surface area (TPSA) is 110 Å². The van der Waals surface area contributed by atoms with Crippen molar-refractivity contribution in [2.24, 2.45) is 0 Å². The lowest BCUT2D eigenvalue weighted by atomic mass is 10.1. The Hall–Kier alpha value is -5.44. The van der Waals surface area contributed by atoms with Gasteiger partial charge in [0.15, 0.2) is 0 Å². The van der Waals surface area contributed by atoms with E-state index in [1.165, 1.54) is 127 Å². The summed E-state index contributed by atoms with van der Waals surface area (Å²) in [6.07, 6.45) is 24.9. The maximum atomic E-state index is 13.0. The van der Waals surface area contributed by atoms with Crippen LogP contribution in [0.4, 0.5) is 0 Å². The Morgan fingerprint density at radius 1 is 0.443 bits per heavy atom. The number of unbranched alkanes of at least 4 members (excludes halogenated alkanes) is 18. The number of aromatic nitrogens is 2. The van der Waals surface area contributed by atoms with Crippen LogP contribution in [-0.4, -0.2) is 35.3 Å². The first-order chi connectivity index (χ1) is 31.7. The zero-order chi connectivity index (χ0) is 46.2. The van der Waals surface area contributed by atoms with E-state index in [-0.39, 0.29) is 69.7 Å². The standard InChI is InChI=1S/C52H66N2O7/c1-3-5-7-9-11-13-15-17-19-21-39-57-45-31-27-43(28-32-45)51(55)59-47-35-23-41(24-36-47)49-53-54-50(61-49)42-25-37-48(38-26-42)60-52(56)44-29-33-46(34-30-44)58-40-22-20-18-16-14-12-10-8-6-4-2/h23-38H,3-22,39-40H2,1-2H3/i35D,36D,37D,38D. The predicted molar refractivity (Wildman–Crippen MR) is 243 cm³/mol. The average Bonchev–Trinajstić information content (AvgIpc) is 3.81. The maximum absolute atomic E-state index is 13.0. The third-order valence-corrected chi connectivity index (χ3v) is 10.5. The molecule has 0 aliphatic carbocycles. The first kappa shape index (κ1) is 40.9. The van der Waals surface area contributed by atoms with E-state index in [0.717, 1.165) is 25.7 Å². The SMILES string of the molecule is [2H]c1cc(-c2nnc(-c3cc([2H])c(OC(=O)c4ccc(OCCCCCCCCCCCC)cc4)c([2H])c3)o2)cc([2H])c1OC(=O)c1ccc(OCCCCCCCCCCCC)cc1. The van der Waals surface area contributed by atoms with E-state index in [1.807, 2.05) is 0 Å². The fourth-order valence-electron chi connectivity index (χ4n) is 6.80. The second kappa shape index (κ2) is 27.4. The minimum Gasteiger partial charge on any atom is -0.494 e. The van der Waals surface area contributed by atoms with E-state index in [4.69, 9.17) is 28.8 Å². The average molecular weight is 835 g/mol. The summed E-state index contributed by atoms with van der Waals surface area (Å²) in [6.45, 7) is 5.68. The van der Waals surface area contributed by atoms with Crippen LogP contribution >= 0.6 is 0 Å². The van der Waals surface area contributed by atoms with Crippen LogP contribution in [-0.2, 0) is 0 Å². The molecular formula is C52H66N2O7. The van der Waals surface area contributed by atoms with Gasteiger partial charge >= 0.3 is 11.9 Å². The zero-order valence-electron chi connectivity index (χ0n) is 40.2. The van der Waals surface area contributed by atoms with E-state index in [9.17, 15) is 9.59 Å². The van der Waals surface area contributed by atoms with Crippen molar-refractivity contribution in [2.45, 2.75) is 142 Å². The van der Waals surface area contributed by atoms with Gasteiger partial charge in [0.05, 0.1) is 29.8 Å². The normalized spacial score (nSPS) is 12.0. The van der Waals surface area contributed by atoms with Crippen LogP contribution in [0.15, 0.2) is 101 Å². The highest BCUT2D eigenvalue weighted by Gasteiger charge is 2.14. The third kappa shape index (κ3) is 17.2. The highest BCUT2D eigenvalue weighted by atomic mass is 16.5. The number of hydrogen-bond donors (Lipinski definition) is 0. The molecule has 9 heteroatoms. The summed E-state index contributed by atoms with van der Waals surface area (Å²) in [7, 11) is 0. The van der Waals surface area contributed by atoms with Gasteiger partial charge in [-0.3, -0.25) is 0 Å².